The highest BCUT2D eigenvalue weighted by molar-refractivity contribution is 5.75. The summed E-state index contributed by atoms with van der Waals surface area (Å²) in [4.78, 5) is 12.9. The molecule has 0 rings (SSSR count). The first kappa shape index (κ1) is 13.4. The van der Waals surface area contributed by atoms with E-state index in [-0.39, 0.29) is 5.91 Å². The van der Waals surface area contributed by atoms with E-state index in [9.17, 15) is 4.79 Å². The first-order valence-corrected chi connectivity index (χ1v) is 5.37. The summed E-state index contributed by atoms with van der Waals surface area (Å²) >= 11 is 0. The maximum atomic E-state index is 11.2. The predicted molar refractivity (Wildman–Crippen MR) is 60.2 cm³/mol. The highest BCUT2D eigenvalue weighted by Crippen LogP contribution is 2.03. The number of nitrogens with zero attached hydrogens (tertiary/aromatic N) is 1. The second-order valence-electron chi connectivity index (χ2n) is 4.52. The predicted octanol–water partition coefficient (Wildman–Crippen LogP) is 1.49. The Morgan fingerprint density at radius 1 is 1.29 bits per heavy atom. The monoisotopic (exact) mass is 200 g/mol. The minimum absolute atomic E-state index is 0.189. The summed E-state index contributed by atoms with van der Waals surface area (Å²) in [5.41, 5.74) is 0. The van der Waals surface area contributed by atoms with E-state index in [0.717, 1.165) is 13.0 Å². The molecule has 0 aliphatic heterocycles. The van der Waals surface area contributed by atoms with Gasteiger partial charge in [-0.05, 0) is 19.3 Å². The fraction of sp³-hybridized carbons (Fsp3) is 0.909. The molecule has 84 valence electrons. The van der Waals surface area contributed by atoms with E-state index in [4.69, 9.17) is 0 Å². The molecule has 0 fully saturated rings. The van der Waals surface area contributed by atoms with Crippen molar-refractivity contribution in [2.75, 3.05) is 20.6 Å². The molecule has 3 nitrogen and oxygen atoms in total. The van der Waals surface area contributed by atoms with Crippen LogP contribution < -0.4 is 5.32 Å². The molecule has 0 radical (unpaired) electrons. The van der Waals surface area contributed by atoms with Crippen molar-refractivity contribution in [1.29, 1.82) is 0 Å². The molecule has 0 spiro atoms. The van der Waals surface area contributed by atoms with Crippen LogP contribution in [-0.4, -0.2) is 37.5 Å². The molecule has 14 heavy (non-hydrogen) atoms. The molecule has 3 heteroatoms. The quantitative estimate of drug-likeness (QED) is 0.704. The molecule has 1 atom stereocenters. The molecule has 0 heterocycles. The largest absolute Gasteiger partial charge is 0.349 e. The van der Waals surface area contributed by atoms with Crippen LogP contribution in [0.4, 0.5) is 0 Å². The van der Waals surface area contributed by atoms with E-state index in [2.05, 4.69) is 26.1 Å². The van der Waals surface area contributed by atoms with Crippen LogP contribution >= 0.6 is 0 Å². The van der Waals surface area contributed by atoms with Gasteiger partial charge in [0, 0.05) is 33.1 Å². The minimum atomic E-state index is 0.189. The van der Waals surface area contributed by atoms with Gasteiger partial charge in [-0.15, -0.1) is 0 Å². The fourth-order valence-electron chi connectivity index (χ4n) is 1.44. The van der Waals surface area contributed by atoms with E-state index in [1.807, 2.05) is 0 Å². The third-order valence-electron chi connectivity index (χ3n) is 2.16. The number of carbonyl (C=O) groups excluding carboxylic acids is 1. The van der Waals surface area contributed by atoms with E-state index >= 15 is 0 Å². The zero-order valence-electron chi connectivity index (χ0n) is 10.1. The second-order valence-corrected chi connectivity index (χ2v) is 4.52. The molecule has 0 bridgehead atoms. The van der Waals surface area contributed by atoms with Gasteiger partial charge in [0.25, 0.3) is 0 Å². The van der Waals surface area contributed by atoms with Gasteiger partial charge in [0.15, 0.2) is 0 Å². The third kappa shape index (κ3) is 6.89. The lowest BCUT2D eigenvalue weighted by atomic mass is 10.1. The van der Waals surface area contributed by atoms with Crippen LogP contribution in [0.5, 0.6) is 0 Å². The Hall–Kier alpha value is -0.570. The van der Waals surface area contributed by atoms with Crippen molar-refractivity contribution in [2.24, 2.45) is 5.92 Å². The molecule has 0 aliphatic carbocycles. The summed E-state index contributed by atoms with van der Waals surface area (Å²) in [6, 6.07) is 0.505. The lowest BCUT2D eigenvalue weighted by molar-refractivity contribution is -0.128. The second kappa shape index (κ2) is 6.82. The summed E-state index contributed by atoms with van der Waals surface area (Å²) in [5, 5.41) is 3.35. The van der Waals surface area contributed by atoms with Crippen LogP contribution in [0.3, 0.4) is 0 Å². The van der Waals surface area contributed by atoms with Crippen molar-refractivity contribution >= 4 is 5.91 Å². The number of rotatable bonds is 6. The number of hydrogen-bond acceptors (Lipinski definition) is 2. The number of carbonyl (C=O) groups is 1. The molecule has 0 saturated carbocycles. The Labute approximate surface area is 87.9 Å². The molecular weight excluding hydrogens is 176 g/mol. The number of hydrogen-bond donors (Lipinski definition) is 1. The molecule has 0 aromatic heterocycles. The highest BCUT2D eigenvalue weighted by atomic mass is 16.2. The Morgan fingerprint density at radius 3 is 2.29 bits per heavy atom. The zero-order chi connectivity index (χ0) is 11.1. The molecule has 0 saturated heterocycles. The van der Waals surface area contributed by atoms with Crippen LogP contribution in [0.25, 0.3) is 0 Å². The van der Waals surface area contributed by atoms with E-state index < -0.39 is 0 Å². The summed E-state index contributed by atoms with van der Waals surface area (Å²) in [6.45, 7) is 7.37. The number of amides is 1. The van der Waals surface area contributed by atoms with E-state index in [1.165, 1.54) is 0 Å². The Kier molecular flexibility index (Phi) is 6.54. The van der Waals surface area contributed by atoms with Crippen LogP contribution in [0.1, 0.15) is 33.6 Å². The molecule has 0 aromatic rings. The van der Waals surface area contributed by atoms with Gasteiger partial charge in [-0.25, -0.2) is 0 Å². The molecule has 0 aliphatic rings. The lowest BCUT2D eigenvalue weighted by Gasteiger charge is -2.16. The Morgan fingerprint density at radius 2 is 1.86 bits per heavy atom. The van der Waals surface area contributed by atoms with Crippen LogP contribution in [0.2, 0.25) is 0 Å². The van der Waals surface area contributed by atoms with Crippen LogP contribution in [0.15, 0.2) is 0 Å². The van der Waals surface area contributed by atoms with Gasteiger partial charge in [0.1, 0.15) is 0 Å². The van der Waals surface area contributed by atoms with Gasteiger partial charge < -0.3 is 10.2 Å². The lowest BCUT2D eigenvalue weighted by Crippen LogP contribution is -2.32. The highest BCUT2D eigenvalue weighted by Gasteiger charge is 2.06. The molecular formula is C11H24N2O. The number of nitrogens with one attached hydrogen (secondary N) is 1. The standard InChI is InChI=1S/C11H24N2O/c1-9(2)8-10(3)12-7-6-11(14)13(4)5/h9-10,12H,6-8H2,1-5H3. The van der Waals surface area contributed by atoms with E-state index in [1.54, 1.807) is 19.0 Å². The first-order valence-electron chi connectivity index (χ1n) is 5.37. The van der Waals surface area contributed by atoms with Gasteiger partial charge in [0.05, 0.1) is 0 Å². The molecule has 1 N–H and O–H groups in total. The average Bonchev–Trinajstić information content (AvgIpc) is 2.02. The van der Waals surface area contributed by atoms with Crippen LogP contribution in [-0.2, 0) is 4.79 Å². The van der Waals surface area contributed by atoms with Crippen molar-refractivity contribution in [1.82, 2.24) is 10.2 Å². The average molecular weight is 200 g/mol. The minimum Gasteiger partial charge on any atom is -0.349 e. The van der Waals surface area contributed by atoms with Crippen molar-refractivity contribution in [3.05, 3.63) is 0 Å². The van der Waals surface area contributed by atoms with Crippen molar-refractivity contribution in [3.8, 4) is 0 Å². The Balaban J connectivity index is 3.49. The van der Waals surface area contributed by atoms with Crippen molar-refractivity contribution < 1.29 is 4.79 Å². The van der Waals surface area contributed by atoms with Crippen molar-refractivity contribution in [2.45, 2.75) is 39.7 Å². The maximum absolute atomic E-state index is 11.2. The summed E-state index contributed by atoms with van der Waals surface area (Å²) in [7, 11) is 3.58. The van der Waals surface area contributed by atoms with Gasteiger partial charge in [-0.2, -0.15) is 0 Å². The zero-order valence-corrected chi connectivity index (χ0v) is 10.1. The van der Waals surface area contributed by atoms with Crippen molar-refractivity contribution in [3.63, 3.8) is 0 Å². The topological polar surface area (TPSA) is 32.3 Å². The summed E-state index contributed by atoms with van der Waals surface area (Å²) in [5.74, 6) is 0.899. The smallest absolute Gasteiger partial charge is 0.223 e. The van der Waals surface area contributed by atoms with Gasteiger partial charge in [0.2, 0.25) is 5.91 Å². The molecule has 1 amide bonds. The van der Waals surface area contributed by atoms with E-state index in [0.29, 0.717) is 18.4 Å². The summed E-state index contributed by atoms with van der Waals surface area (Å²) < 4.78 is 0. The Bertz CT molecular complexity index is 167. The van der Waals surface area contributed by atoms with Crippen LogP contribution in [0, 0.1) is 5.92 Å². The molecule has 0 aromatic carbocycles. The molecule has 1 unspecified atom stereocenters. The van der Waals surface area contributed by atoms with Gasteiger partial charge in [-0.1, -0.05) is 13.8 Å². The normalized spacial score (nSPS) is 13.0. The fourth-order valence-corrected chi connectivity index (χ4v) is 1.44. The first-order chi connectivity index (χ1) is 6.43. The third-order valence-corrected chi connectivity index (χ3v) is 2.16. The van der Waals surface area contributed by atoms with Gasteiger partial charge >= 0.3 is 0 Å². The SMILES string of the molecule is CC(C)CC(C)NCCC(=O)N(C)C. The summed E-state index contributed by atoms with van der Waals surface area (Å²) in [6.07, 6.45) is 1.76. The maximum Gasteiger partial charge on any atom is 0.223 e. The van der Waals surface area contributed by atoms with Gasteiger partial charge in [-0.3, -0.25) is 4.79 Å².